The van der Waals surface area contributed by atoms with Crippen LogP contribution in [0.4, 0.5) is 0 Å². The monoisotopic (exact) mass is 236 g/mol. The predicted molar refractivity (Wildman–Crippen MR) is 71.7 cm³/mol. The first-order valence-electron chi connectivity index (χ1n) is 5.79. The fraction of sp³-hybridized carbons (Fsp3) is 0.0667. The molecule has 88 valence electrons. The molecule has 0 amide bonds. The molecule has 0 radical (unpaired) electrons. The summed E-state index contributed by atoms with van der Waals surface area (Å²) in [5, 5.41) is 8.24. The summed E-state index contributed by atoms with van der Waals surface area (Å²) >= 11 is 0. The van der Waals surface area contributed by atoms with Crippen LogP contribution >= 0.6 is 0 Å². The number of fused-ring (bicyclic) bond motifs is 1. The van der Waals surface area contributed by atoms with Crippen LogP contribution in [-0.4, -0.2) is 16.5 Å². The van der Waals surface area contributed by atoms with Gasteiger partial charge in [-0.25, -0.2) is 0 Å². The molecule has 0 aliphatic carbocycles. The van der Waals surface area contributed by atoms with Crippen LogP contribution in [0.2, 0.25) is 0 Å². The number of nitrogens with one attached hydrogen (secondary N) is 1. The molecule has 3 rings (SSSR count). The molecule has 1 N–H and O–H groups in total. The maximum absolute atomic E-state index is 11.0. The van der Waals surface area contributed by atoms with Gasteiger partial charge in [0, 0.05) is 16.5 Å². The van der Waals surface area contributed by atoms with Gasteiger partial charge in [-0.05, 0) is 19.1 Å². The van der Waals surface area contributed by atoms with Gasteiger partial charge in [0.2, 0.25) is 0 Å². The fourth-order valence-corrected chi connectivity index (χ4v) is 2.18. The van der Waals surface area contributed by atoms with E-state index in [0.29, 0.717) is 5.56 Å². The van der Waals surface area contributed by atoms with E-state index in [1.54, 1.807) is 6.07 Å². The molecule has 3 heteroatoms. The molecular formula is C15H12N2O. The Morgan fingerprint density at radius 2 is 2.00 bits per heavy atom. The second kappa shape index (κ2) is 4.11. The molecule has 3 aromatic rings. The third-order valence-electron chi connectivity index (χ3n) is 3.05. The van der Waals surface area contributed by atoms with Gasteiger partial charge >= 0.3 is 0 Å². The lowest BCUT2D eigenvalue weighted by molar-refractivity contribution is 0.112. The molecule has 18 heavy (non-hydrogen) atoms. The van der Waals surface area contributed by atoms with Crippen LogP contribution in [0.5, 0.6) is 0 Å². The number of aromatic amines is 1. The Hall–Kier alpha value is -2.42. The lowest BCUT2D eigenvalue weighted by atomic mass is 10.0. The van der Waals surface area contributed by atoms with E-state index in [-0.39, 0.29) is 0 Å². The van der Waals surface area contributed by atoms with Crippen molar-refractivity contribution in [3.8, 4) is 11.3 Å². The number of carbonyl (C=O) groups excluding carboxylic acids is 1. The highest BCUT2D eigenvalue weighted by molar-refractivity contribution is 6.01. The van der Waals surface area contributed by atoms with Gasteiger partial charge in [0.1, 0.15) is 5.52 Å². The highest BCUT2D eigenvalue weighted by atomic mass is 16.1. The highest BCUT2D eigenvalue weighted by Crippen LogP contribution is 2.27. The first-order chi connectivity index (χ1) is 8.79. The van der Waals surface area contributed by atoms with Crippen molar-refractivity contribution >= 4 is 17.2 Å². The molecule has 0 spiro atoms. The smallest absolute Gasteiger partial charge is 0.152 e. The van der Waals surface area contributed by atoms with Gasteiger partial charge in [0.15, 0.2) is 6.29 Å². The number of rotatable bonds is 2. The minimum atomic E-state index is 0.614. The number of aryl methyl sites for hydroxylation is 1. The van der Waals surface area contributed by atoms with Crippen molar-refractivity contribution in [1.82, 2.24) is 10.2 Å². The Morgan fingerprint density at radius 1 is 1.17 bits per heavy atom. The van der Waals surface area contributed by atoms with Crippen LogP contribution in [0.15, 0.2) is 42.5 Å². The van der Waals surface area contributed by atoms with Crippen molar-refractivity contribution in [2.24, 2.45) is 0 Å². The molecule has 0 bridgehead atoms. The summed E-state index contributed by atoms with van der Waals surface area (Å²) in [6.07, 6.45) is 0.837. The number of nitrogens with zero attached hydrogens (tertiary/aromatic N) is 1. The molecule has 0 unspecified atom stereocenters. The molecule has 1 heterocycles. The average molecular weight is 236 g/mol. The van der Waals surface area contributed by atoms with Gasteiger partial charge in [-0.15, -0.1) is 0 Å². The number of para-hydroxylation sites is 1. The van der Waals surface area contributed by atoms with E-state index in [4.69, 9.17) is 0 Å². The standard InChI is InChI=1S/C15H12N2O/c1-10-4-2-5-11(8-10)14-13-7-3-6-12(9-18)15(13)17-16-14/h2-9H,1H3,(H,16,17). The number of hydrogen-bond donors (Lipinski definition) is 1. The summed E-state index contributed by atoms with van der Waals surface area (Å²) < 4.78 is 0. The van der Waals surface area contributed by atoms with Gasteiger partial charge in [-0.2, -0.15) is 5.10 Å². The lowest BCUT2D eigenvalue weighted by Gasteiger charge is -2.00. The van der Waals surface area contributed by atoms with Crippen LogP contribution in [0, 0.1) is 6.92 Å². The van der Waals surface area contributed by atoms with Gasteiger partial charge in [-0.1, -0.05) is 35.9 Å². The maximum Gasteiger partial charge on any atom is 0.152 e. The van der Waals surface area contributed by atoms with Crippen LogP contribution in [0.25, 0.3) is 22.2 Å². The van der Waals surface area contributed by atoms with Crippen LogP contribution in [-0.2, 0) is 0 Å². The van der Waals surface area contributed by atoms with E-state index < -0.39 is 0 Å². The van der Waals surface area contributed by atoms with E-state index in [1.807, 2.05) is 24.3 Å². The van der Waals surface area contributed by atoms with Crippen LogP contribution in [0.1, 0.15) is 15.9 Å². The Morgan fingerprint density at radius 3 is 2.78 bits per heavy atom. The zero-order valence-corrected chi connectivity index (χ0v) is 9.97. The van der Waals surface area contributed by atoms with E-state index in [9.17, 15) is 4.79 Å². The predicted octanol–water partition coefficient (Wildman–Crippen LogP) is 3.35. The normalized spacial score (nSPS) is 10.7. The quantitative estimate of drug-likeness (QED) is 0.693. The summed E-state index contributed by atoms with van der Waals surface area (Å²) in [6, 6.07) is 13.8. The Bertz CT molecular complexity index is 728. The molecule has 0 fully saturated rings. The van der Waals surface area contributed by atoms with Crippen molar-refractivity contribution < 1.29 is 4.79 Å². The van der Waals surface area contributed by atoms with Gasteiger partial charge in [0.25, 0.3) is 0 Å². The summed E-state index contributed by atoms with van der Waals surface area (Å²) in [5.41, 5.74) is 4.58. The molecule has 0 saturated carbocycles. The van der Waals surface area contributed by atoms with E-state index >= 15 is 0 Å². The number of H-pyrrole nitrogens is 1. The zero-order valence-electron chi connectivity index (χ0n) is 9.97. The summed E-state index contributed by atoms with van der Waals surface area (Å²) in [4.78, 5) is 11.0. The van der Waals surface area contributed by atoms with Crippen LogP contribution in [0.3, 0.4) is 0 Å². The topological polar surface area (TPSA) is 45.8 Å². The third-order valence-corrected chi connectivity index (χ3v) is 3.05. The van der Waals surface area contributed by atoms with Crippen molar-refractivity contribution in [3.63, 3.8) is 0 Å². The minimum absolute atomic E-state index is 0.614. The lowest BCUT2D eigenvalue weighted by Crippen LogP contribution is -1.82. The van der Waals surface area contributed by atoms with Crippen molar-refractivity contribution in [2.45, 2.75) is 6.92 Å². The second-order valence-corrected chi connectivity index (χ2v) is 4.33. The fourth-order valence-electron chi connectivity index (χ4n) is 2.18. The number of hydrogen-bond acceptors (Lipinski definition) is 2. The average Bonchev–Trinajstić information content (AvgIpc) is 2.82. The minimum Gasteiger partial charge on any atom is -0.298 e. The first-order valence-corrected chi connectivity index (χ1v) is 5.79. The van der Waals surface area contributed by atoms with Crippen molar-refractivity contribution in [3.05, 3.63) is 53.6 Å². The molecule has 0 aliphatic rings. The second-order valence-electron chi connectivity index (χ2n) is 4.33. The highest BCUT2D eigenvalue weighted by Gasteiger charge is 2.10. The number of carbonyl (C=O) groups is 1. The SMILES string of the molecule is Cc1cccc(-c2[nH]nc3c(C=O)cccc23)c1. The first kappa shape index (κ1) is 10.7. The molecule has 0 atom stereocenters. The van der Waals surface area contributed by atoms with E-state index in [0.717, 1.165) is 28.4 Å². The molecule has 3 nitrogen and oxygen atoms in total. The van der Waals surface area contributed by atoms with Gasteiger partial charge in [-0.3, -0.25) is 9.89 Å². The Labute approximate surface area is 104 Å². The molecule has 0 saturated heterocycles. The Kier molecular flexibility index (Phi) is 2.45. The number of aldehydes is 1. The molecule has 2 aromatic carbocycles. The summed E-state index contributed by atoms with van der Waals surface area (Å²) in [7, 11) is 0. The third kappa shape index (κ3) is 1.61. The summed E-state index contributed by atoms with van der Waals surface area (Å²) in [6.45, 7) is 2.05. The van der Waals surface area contributed by atoms with Crippen molar-refractivity contribution in [2.75, 3.05) is 0 Å². The maximum atomic E-state index is 11.0. The molecule has 0 aliphatic heterocycles. The van der Waals surface area contributed by atoms with E-state index in [2.05, 4.69) is 29.3 Å². The number of benzene rings is 2. The number of aromatic nitrogens is 2. The van der Waals surface area contributed by atoms with Gasteiger partial charge < -0.3 is 0 Å². The largest absolute Gasteiger partial charge is 0.298 e. The van der Waals surface area contributed by atoms with Crippen molar-refractivity contribution in [1.29, 1.82) is 0 Å². The van der Waals surface area contributed by atoms with Crippen LogP contribution < -0.4 is 0 Å². The Balaban J connectivity index is 2.28. The molecular weight excluding hydrogens is 224 g/mol. The zero-order chi connectivity index (χ0) is 12.5. The van der Waals surface area contributed by atoms with E-state index in [1.165, 1.54) is 5.56 Å². The van der Waals surface area contributed by atoms with Gasteiger partial charge in [0.05, 0.1) is 5.69 Å². The molecule has 1 aromatic heterocycles. The summed E-state index contributed by atoms with van der Waals surface area (Å²) in [5.74, 6) is 0.